The molecule has 1 saturated heterocycles. The van der Waals surface area contributed by atoms with E-state index in [0.717, 1.165) is 24.2 Å². The third kappa shape index (κ3) is 3.59. The Morgan fingerprint density at radius 1 is 1.45 bits per heavy atom. The standard InChI is InChI=1S/C17H24N2O3/c1-4-14(13-7-5-6-8-15(13)22-3)18-17(21)12-9-10-19(2)16(20)11-12/h5-8,12,14H,4,9-11H2,1-3H3,(H,18,21). The molecule has 0 saturated carbocycles. The Kier molecular flexibility index (Phi) is 5.41. The maximum Gasteiger partial charge on any atom is 0.224 e. The maximum absolute atomic E-state index is 12.5. The molecule has 0 radical (unpaired) electrons. The van der Waals surface area contributed by atoms with Crippen LogP contribution in [-0.4, -0.2) is 37.4 Å². The summed E-state index contributed by atoms with van der Waals surface area (Å²) < 4.78 is 5.37. The quantitative estimate of drug-likeness (QED) is 0.906. The summed E-state index contributed by atoms with van der Waals surface area (Å²) in [6.45, 7) is 2.67. The summed E-state index contributed by atoms with van der Waals surface area (Å²) >= 11 is 0. The Morgan fingerprint density at radius 3 is 2.82 bits per heavy atom. The van der Waals surface area contributed by atoms with Crippen LogP contribution >= 0.6 is 0 Å². The molecule has 0 aliphatic carbocycles. The molecule has 0 aromatic heterocycles. The number of benzene rings is 1. The van der Waals surface area contributed by atoms with Gasteiger partial charge in [-0.05, 0) is 18.9 Å². The largest absolute Gasteiger partial charge is 0.496 e. The molecule has 1 fully saturated rings. The number of methoxy groups -OCH3 is 1. The average molecular weight is 304 g/mol. The maximum atomic E-state index is 12.5. The first-order valence-electron chi connectivity index (χ1n) is 7.74. The fourth-order valence-electron chi connectivity index (χ4n) is 2.81. The van der Waals surface area contributed by atoms with E-state index in [-0.39, 0.29) is 23.8 Å². The van der Waals surface area contributed by atoms with Crippen LogP contribution in [0.4, 0.5) is 0 Å². The van der Waals surface area contributed by atoms with Gasteiger partial charge in [0, 0.05) is 31.5 Å². The molecule has 120 valence electrons. The molecule has 2 unspecified atom stereocenters. The molecule has 2 amide bonds. The zero-order chi connectivity index (χ0) is 16.1. The smallest absolute Gasteiger partial charge is 0.224 e. The van der Waals surface area contributed by atoms with Crippen molar-refractivity contribution in [2.75, 3.05) is 20.7 Å². The molecule has 5 heteroatoms. The zero-order valence-corrected chi connectivity index (χ0v) is 13.5. The van der Waals surface area contributed by atoms with Crippen molar-refractivity contribution in [3.63, 3.8) is 0 Å². The first-order valence-corrected chi connectivity index (χ1v) is 7.74. The number of piperidine rings is 1. The zero-order valence-electron chi connectivity index (χ0n) is 13.5. The average Bonchev–Trinajstić information content (AvgIpc) is 2.54. The van der Waals surface area contributed by atoms with E-state index in [4.69, 9.17) is 4.74 Å². The van der Waals surface area contributed by atoms with Crippen LogP contribution in [0.1, 0.15) is 37.8 Å². The number of likely N-dealkylation sites (tertiary alicyclic amines) is 1. The molecule has 0 bridgehead atoms. The van der Waals surface area contributed by atoms with E-state index in [1.165, 1.54) is 0 Å². The number of rotatable bonds is 5. The third-order valence-electron chi connectivity index (χ3n) is 4.27. The topological polar surface area (TPSA) is 58.6 Å². The van der Waals surface area contributed by atoms with Crippen LogP contribution in [0, 0.1) is 5.92 Å². The van der Waals surface area contributed by atoms with E-state index in [9.17, 15) is 9.59 Å². The lowest BCUT2D eigenvalue weighted by Gasteiger charge is -2.29. The number of hydrogen-bond donors (Lipinski definition) is 1. The molecule has 0 spiro atoms. The molecular weight excluding hydrogens is 280 g/mol. The first kappa shape index (κ1) is 16.3. The molecule has 22 heavy (non-hydrogen) atoms. The number of ether oxygens (including phenoxy) is 1. The summed E-state index contributed by atoms with van der Waals surface area (Å²) in [4.78, 5) is 25.9. The van der Waals surface area contributed by atoms with E-state index in [2.05, 4.69) is 5.32 Å². The fourth-order valence-corrected chi connectivity index (χ4v) is 2.81. The molecule has 2 atom stereocenters. The van der Waals surface area contributed by atoms with Crippen molar-refractivity contribution < 1.29 is 14.3 Å². The minimum atomic E-state index is -0.229. The van der Waals surface area contributed by atoms with E-state index in [1.807, 2.05) is 31.2 Å². The van der Waals surface area contributed by atoms with Crippen molar-refractivity contribution in [1.29, 1.82) is 0 Å². The lowest BCUT2D eigenvalue weighted by atomic mass is 9.94. The molecular formula is C17H24N2O3. The van der Waals surface area contributed by atoms with Crippen molar-refractivity contribution in [2.24, 2.45) is 5.92 Å². The summed E-state index contributed by atoms with van der Waals surface area (Å²) in [6, 6.07) is 7.60. The van der Waals surface area contributed by atoms with Gasteiger partial charge in [-0.3, -0.25) is 9.59 Å². The molecule has 1 aromatic carbocycles. The normalized spacial score (nSPS) is 19.7. The molecule has 1 aliphatic rings. The van der Waals surface area contributed by atoms with E-state index in [0.29, 0.717) is 13.0 Å². The molecule has 1 heterocycles. The van der Waals surface area contributed by atoms with Crippen molar-refractivity contribution in [2.45, 2.75) is 32.2 Å². The second-order valence-corrected chi connectivity index (χ2v) is 5.72. The number of para-hydroxylation sites is 1. The van der Waals surface area contributed by atoms with Gasteiger partial charge in [0.15, 0.2) is 0 Å². The van der Waals surface area contributed by atoms with Gasteiger partial charge >= 0.3 is 0 Å². The number of carbonyl (C=O) groups excluding carboxylic acids is 2. The van der Waals surface area contributed by atoms with Gasteiger partial charge < -0.3 is 15.0 Å². The number of nitrogens with zero attached hydrogens (tertiary/aromatic N) is 1. The van der Waals surface area contributed by atoms with Gasteiger partial charge in [-0.25, -0.2) is 0 Å². The highest BCUT2D eigenvalue weighted by molar-refractivity contribution is 5.87. The van der Waals surface area contributed by atoms with Crippen LogP contribution in [-0.2, 0) is 9.59 Å². The van der Waals surface area contributed by atoms with Crippen LogP contribution in [0.3, 0.4) is 0 Å². The van der Waals surface area contributed by atoms with Crippen LogP contribution in [0.2, 0.25) is 0 Å². The highest BCUT2D eigenvalue weighted by Gasteiger charge is 2.30. The van der Waals surface area contributed by atoms with Crippen molar-refractivity contribution in [3.05, 3.63) is 29.8 Å². The van der Waals surface area contributed by atoms with E-state index < -0.39 is 0 Å². The summed E-state index contributed by atoms with van der Waals surface area (Å²) in [7, 11) is 3.41. The summed E-state index contributed by atoms with van der Waals surface area (Å²) in [6.07, 6.45) is 1.79. The lowest BCUT2D eigenvalue weighted by Crippen LogP contribution is -2.42. The molecule has 5 nitrogen and oxygen atoms in total. The second-order valence-electron chi connectivity index (χ2n) is 5.72. The SMILES string of the molecule is CCC(NC(=O)C1CCN(C)C(=O)C1)c1ccccc1OC. The Hall–Kier alpha value is -2.04. The Labute approximate surface area is 131 Å². The second kappa shape index (κ2) is 7.29. The van der Waals surface area contributed by atoms with Crippen molar-refractivity contribution in [1.82, 2.24) is 10.2 Å². The summed E-state index contributed by atoms with van der Waals surface area (Å²) in [5.41, 5.74) is 0.972. The lowest BCUT2D eigenvalue weighted by molar-refractivity contribution is -0.139. The summed E-state index contributed by atoms with van der Waals surface area (Å²) in [5.74, 6) is 0.539. The minimum Gasteiger partial charge on any atom is -0.496 e. The minimum absolute atomic E-state index is 0.0386. The van der Waals surface area contributed by atoms with Crippen LogP contribution in [0.25, 0.3) is 0 Å². The van der Waals surface area contributed by atoms with Crippen molar-refractivity contribution in [3.8, 4) is 5.75 Å². The first-order chi connectivity index (χ1) is 10.6. The number of amides is 2. The van der Waals surface area contributed by atoms with Crippen molar-refractivity contribution >= 4 is 11.8 Å². The third-order valence-corrected chi connectivity index (χ3v) is 4.27. The van der Waals surface area contributed by atoms with Gasteiger partial charge in [0.25, 0.3) is 0 Å². The Bertz CT molecular complexity index is 544. The molecule has 2 rings (SSSR count). The Morgan fingerprint density at radius 2 is 2.18 bits per heavy atom. The number of carbonyl (C=O) groups is 2. The highest BCUT2D eigenvalue weighted by atomic mass is 16.5. The highest BCUT2D eigenvalue weighted by Crippen LogP contribution is 2.28. The van der Waals surface area contributed by atoms with E-state index in [1.54, 1.807) is 19.1 Å². The van der Waals surface area contributed by atoms with Gasteiger partial charge in [0.05, 0.1) is 13.2 Å². The van der Waals surface area contributed by atoms with Crippen LogP contribution in [0.15, 0.2) is 24.3 Å². The van der Waals surface area contributed by atoms with E-state index >= 15 is 0 Å². The summed E-state index contributed by atoms with van der Waals surface area (Å²) in [5, 5.41) is 3.07. The number of nitrogens with one attached hydrogen (secondary N) is 1. The number of hydrogen-bond acceptors (Lipinski definition) is 3. The molecule has 1 aliphatic heterocycles. The monoisotopic (exact) mass is 304 g/mol. The van der Waals surface area contributed by atoms with Gasteiger partial charge in [0.2, 0.25) is 11.8 Å². The fraction of sp³-hybridized carbons (Fsp3) is 0.529. The molecule has 1 N–H and O–H groups in total. The van der Waals surface area contributed by atoms with Crippen LogP contribution < -0.4 is 10.1 Å². The van der Waals surface area contributed by atoms with Gasteiger partial charge in [-0.1, -0.05) is 25.1 Å². The van der Waals surface area contributed by atoms with Gasteiger partial charge in [-0.15, -0.1) is 0 Å². The van der Waals surface area contributed by atoms with Gasteiger partial charge in [-0.2, -0.15) is 0 Å². The van der Waals surface area contributed by atoms with Crippen LogP contribution in [0.5, 0.6) is 5.75 Å². The van der Waals surface area contributed by atoms with Gasteiger partial charge in [0.1, 0.15) is 5.75 Å². The Balaban J connectivity index is 2.07. The predicted molar refractivity (Wildman–Crippen MR) is 84.5 cm³/mol. The molecule has 1 aromatic rings. The predicted octanol–water partition coefficient (Wildman–Crippen LogP) is 2.13.